The van der Waals surface area contributed by atoms with E-state index in [0.717, 1.165) is 36.1 Å². The van der Waals surface area contributed by atoms with Gasteiger partial charge in [0.15, 0.2) is 11.5 Å². The molecule has 0 saturated carbocycles. The van der Waals surface area contributed by atoms with Crippen LogP contribution in [0.3, 0.4) is 0 Å². The van der Waals surface area contributed by atoms with Gasteiger partial charge in [0.2, 0.25) is 10.0 Å². The van der Waals surface area contributed by atoms with Crippen LogP contribution in [-0.4, -0.2) is 32.5 Å². The molecule has 2 heterocycles. The number of rotatable bonds is 4. The summed E-state index contributed by atoms with van der Waals surface area (Å²) in [4.78, 5) is 0. The van der Waals surface area contributed by atoms with Crippen molar-refractivity contribution in [2.24, 2.45) is 0 Å². The highest BCUT2D eigenvalue weighted by Crippen LogP contribution is 2.39. The molecule has 0 aliphatic carbocycles. The van der Waals surface area contributed by atoms with Gasteiger partial charge in [0.05, 0.1) is 19.3 Å². The molecule has 0 spiro atoms. The lowest BCUT2D eigenvalue weighted by molar-refractivity contribution is 0.296. The van der Waals surface area contributed by atoms with Crippen LogP contribution in [0.4, 0.5) is 0 Å². The standard InChI is InChI=1S/C21H22ClNO4S/c22-18-7-4-16(5-8-18)10-14-28(24,25)23-11-1-3-19(23)17-6-9-20-21(15-17)27-13-2-12-26-20/h4-10,14-15,19H,1-3,11-13H2/b14-10+/t19-/m0/s1. The number of ether oxygens (including phenoxy) is 2. The first-order chi connectivity index (χ1) is 13.5. The molecule has 0 N–H and O–H groups in total. The van der Waals surface area contributed by atoms with Gasteiger partial charge >= 0.3 is 0 Å². The molecule has 7 heteroatoms. The first-order valence-electron chi connectivity index (χ1n) is 9.38. The van der Waals surface area contributed by atoms with E-state index in [1.807, 2.05) is 18.2 Å². The summed E-state index contributed by atoms with van der Waals surface area (Å²) in [6.07, 6.45) is 4.05. The molecule has 0 amide bonds. The van der Waals surface area contributed by atoms with E-state index in [0.29, 0.717) is 30.5 Å². The minimum absolute atomic E-state index is 0.197. The Morgan fingerprint density at radius 1 is 1.00 bits per heavy atom. The lowest BCUT2D eigenvalue weighted by atomic mass is 10.0. The van der Waals surface area contributed by atoms with Crippen molar-refractivity contribution < 1.29 is 17.9 Å². The van der Waals surface area contributed by atoms with E-state index in [-0.39, 0.29) is 6.04 Å². The molecule has 2 aliphatic rings. The Hall–Kier alpha value is -2.02. The van der Waals surface area contributed by atoms with Crippen molar-refractivity contribution in [3.63, 3.8) is 0 Å². The highest BCUT2D eigenvalue weighted by Gasteiger charge is 2.34. The quantitative estimate of drug-likeness (QED) is 0.724. The molecule has 1 saturated heterocycles. The summed E-state index contributed by atoms with van der Waals surface area (Å²) in [5.41, 5.74) is 1.73. The van der Waals surface area contributed by atoms with Crippen molar-refractivity contribution in [1.82, 2.24) is 4.31 Å². The summed E-state index contributed by atoms with van der Waals surface area (Å²) in [5.74, 6) is 1.41. The zero-order chi connectivity index (χ0) is 19.6. The van der Waals surface area contributed by atoms with Crippen molar-refractivity contribution in [1.29, 1.82) is 0 Å². The van der Waals surface area contributed by atoms with Gasteiger partial charge in [0.25, 0.3) is 0 Å². The SMILES string of the molecule is O=S(=O)(/C=C/c1ccc(Cl)cc1)N1CCC[C@H]1c1ccc2c(c1)OCCCO2. The van der Waals surface area contributed by atoms with Crippen LogP contribution in [0.25, 0.3) is 6.08 Å². The van der Waals surface area contributed by atoms with Crippen LogP contribution in [0.5, 0.6) is 11.5 Å². The van der Waals surface area contributed by atoms with E-state index >= 15 is 0 Å². The summed E-state index contributed by atoms with van der Waals surface area (Å²) < 4.78 is 38.9. The minimum atomic E-state index is -3.55. The fourth-order valence-electron chi connectivity index (χ4n) is 3.58. The highest BCUT2D eigenvalue weighted by molar-refractivity contribution is 7.92. The maximum Gasteiger partial charge on any atom is 0.236 e. The number of benzene rings is 2. The molecular weight excluding hydrogens is 398 g/mol. The Morgan fingerprint density at radius 2 is 1.75 bits per heavy atom. The van der Waals surface area contributed by atoms with Crippen LogP contribution in [0, 0.1) is 0 Å². The number of hydrogen-bond acceptors (Lipinski definition) is 4. The molecule has 1 fully saturated rings. The van der Waals surface area contributed by atoms with E-state index in [2.05, 4.69) is 0 Å². The van der Waals surface area contributed by atoms with Crippen molar-refractivity contribution in [2.75, 3.05) is 19.8 Å². The molecule has 2 aromatic rings. The molecule has 148 valence electrons. The molecule has 2 aromatic carbocycles. The third kappa shape index (κ3) is 4.19. The Bertz CT molecular complexity index is 972. The maximum atomic E-state index is 13.0. The van der Waals surface area contributed by atoms with E-state index < -0.39 is 10.0 Å². The molecule has 5 nitrogen and oxygen atoms in total. The smallest absolute Gasteiger partial charge is 0.236 e. The fraction of sp³-hybridized carbons (Fsp3) is 0.333. The summed E-state index contributed by atoms with van der Waals surface area (Å²) in [6, 6.07) is 12.6. The number of nitrogens with zero attached hydrogens (tertiary/aromatic N) is 1. The Labute approximate surface area is 170 Å². The highest BCUT2D eigenvalue weighted by atomic mass is 35.5. The van der Waals surface area contributed by atoms with Crippen LogP contribution < -0.4 is 9.47 Å². The van der Waals surface area contributed by atoms with Gasteiger partial charge in [-0.2, -0.15) is 4.31 Å². The number of halogens is 1. The topological polar surface area (TPSA) is 55.8 Å². The average Bonchev–Trinajstić information content (AvgIpc) is 3.08. The van der Waals surface area contributed by atoms with E-state index in [4.69, 9.17) is 21.1 Å². The van der Waals surface area contributed by atoms with Gasteiger partial charge in [-0.3, -0.25) is 0 Å². The predicted octanol–water partition coefficient (Wildman–Crippen LogP) is 4.64. The normalized spacial score (nSPS) is 20.4. The molecule has 28 heavy (non-hydrogen) atoms. The maximum absolute atomic E-state index is 13.0. The third-order valence-corrected chi connectivity index (χ3v) is 6.81. The molecule has 1 atom stereocenters. The molecule has 0 aromatic heterocycles. The molecular formula is C21H22ClNO4S. The van der Waals surface area contributed by atoms with Gasteiger partial charge in [0, 0.05) is 23.4 Å². The zero-order valence-electron chi connectivity index (χ0n) is 15.4. The minimum Gasteiger partial charge on any atom is -0.490 e. The fourth-order valence-corrected chi connectivity index (χ4v) is 5.16. The van der Waals surface area contributed by atoms with Crippen molar-refractivity contribution >= 4 is 27.7 Å². The van der Waals surface area contributed by atoms with Crippen LogP contribution in [-0.2, 0) is 10.0 Å². The number of sulfonamides is 1. The van der Waals surface area contributed by atoms with Gasteiger partial charge < -0.3 is 9.47 Å². The Balaban J connectivity index is 1.57. The van der Waals surface area contributed by atoms with Crippen LogP contribution in [0.15, 0.2) is 47.9 Å². The van der Waals surface area contributed by atoms with Crippen LogP contribution >= 0.6 is 11.6 Å². The lowest BCUT2D eigenvalue weighted by Crippen LogP contribution is -2.28. The third-order valence-electron chi connectivity index (χ3n) is 4.99. The van der Waals surface area contributed by atoms with Gasteiger partial charge in [-0.05, 0) is 54.3 Å². The van der Waals surface area contributed by atoms with Gasteiger partial charge in [-0.1, -0.05) is 29.8 Å². The predicted molar refractivity (Wildman–Crippen MR) is 110 cm³/mol. The van der Waals surface area contributed by atoms with E-state index in [1.54, 1.807) is 34.6 Å². The van der Waals surface area contributed by atoms with Gasteiger partial charge in [-0.15, -0.1) is 0 Å². The summed E-state index contributed by atoms with van der Waals surface area (Å²) in [7, 11) is -3.55. The molecule has 2 aliphatic heterocycles. The monoisotopic (exact) mass is 419 g/mol. The molecule has 4 rings (SSSR count). The van der Waals surface area contributed by atoms with Crippen molar-refractivity contribution in [3.05, 3.63) is 64.0 Å². The zero-order valence-corrected chi connectivity index (χ0v) is 17.0. The Kier molecular flexibility index (Phi) is 5.62. The van der Waals surface area contributed by atoms with Crippen LogP contribution in [0.2, 0.25) is 5.02 Å². The van der Waals surface area contributed by atoms with E-state index in [9.17, 15) is 8.42 Å². The number of hydrogen-bond donors (Lipinski definition) is 0. The van der Waals surface area contributed by atoms with Gasteiger partial charge in [-0.25, -0.2) is 8.42 Å². The van der Waals surface area contributed by atoms with Crippen molar-refractivity contribution in [2.45, 2.75) is 25.3 Å². The summed E-state index contributed by atoms with van der Waals surface area (Å²) >= 11 is 5.88. The van der Waals surface area contributed by atoms with Crippen molar-refractivity contribution in [3.8, 4) is 11.5 Å². The first-order valence-corrected chi connectivity index (χ1v) is 11.3. The van der Waals surface area contributed by atoms with Crippen LogP contribution in [0.1, 0.15) is 36.4 Å². The molecule has 0 radical (unpaired) electrons. The first kappa shape index (κ1) is 19.3. The molecule has 0 unspecified atom stereocenters. The average molecular weight is 420 g/mol. The second kappa shape index (κ2) is 8.15. The summed E-state index contributed by atoms with van der Waals surface area (Å²) in [6.45, 7) is 1.74. The second-order valence-electron chi connectivity index (χ2n) is 6.92. The number of fused-ring (bicyclic) bond motifs is 1. The largest absolute Gasteiger partial charge is 0.490 e. The summed E-state index contributed by atoms with van der Waals surface area (Å²) in [5, 5.41) is 1.89. The second-order valence-corrected chi connectivity index (χ2v) is 9.13. The Morgan fingerprint density at radius 3 is 2.54 bits per heavy atom. The van der Waals surface area contributed by atoms with Gasteiger partial charge in [0.1, 0.15) is 0 Å². The molecule has 0 bridgehead atoms. The lowest BCUT2D eigenvalue weighted by Gasteiger charge is -2.23. The van der Waals surface area contributed by atoms with E-state index in [1.165, 1.54) is 5.41 Å².